The van der Waals surface area contributed by atoms with Crippen molar-refractivity contribution in [3.05, 3.63) is 176 Å². The van der Waals surface area contributed by atoms with Crippen LogP contribution in [0.5, 0.6) is 11.5 Å². The molecular weight excluding hydrogens is 623 g/mol. The molecule has 11 rings (SSSR count). The minimum Gasteiger partial charge on any atom is -0.458 e. The molecule has 1 aromatic heterocycles. The molecule has 4 heterocycles. The number of fused-ring (bicyclic) bond motifs is 8. The topological polar surface area (TPSA) is 31.8 Å². The number of anilines is 9. The molecule has 0 fully saturated rings. The molecule has 6 heteroatoms. The molecule has 238 valence electrons. The maximum atomic E-state index is 7.00. The molecule has 0 unspecified atom stereocenters. The summed E-state index contributed by atoms with van der Waals surface area (Å²) in [5, 5.41) is 1.09. The normalized spacial score (nSPS) is 13.5. The van der Waals surface area contributed by atoms with E-state index in [9.17, 15) is 0 Å². The maximum absolute atomic E-state index is 7.00. The van der Waals surface area contributed by atoms with Crippen molar-refractivity contribution >= 4 is 85.2 Å². The lowest BCUT2D eigenvalue weighted by Crippen LogP contribution is -2.59. The lowest BCUT2D eigenvalue weighted by atomic mass is 9.34. The monoisotopic (exact) mass is 652 g/mol. The fraction of sp³-hybridized carbons (Fsp3) is 0. The summed E-state index contributed by atoms with van der Waals surface area (Å²) in [6, 6.07) is 60.4. The van der Waals surface area contributed by atoms with Crippen LogP contribution in [0.1, 0.15) is 0 Å². The predicted octanol–water partition coefficient (Wildman–Crippen LogP) is 9.89. The Bertz CT molecular complexity index is 2660. The number of hydrogen-bond donors (Lipinski definition) is 0. The zero-order valence-corrected chi connectivity index (χ0v) is 27.5. The van der Waals surface area contributed by atoms with Crippen LogP contribution in [-0.2, 0) is 0 Å². The Morgan fingerprint density at radius 2 is 1.02 bits per heavy atom. The molecule has 0 amide bonds. The van der Waals surface area contributed by atoms with Crippen molar-refractivity contribution < 1.29 is 4.74 Å². The molecule has 0 N–H and O–H groups in total. The van der Waals surface area contributed by atoms with Crippen molar-refractivity contribution in [2.45, 2.75) is 0 Å². The van der Waals surface area contributed by atoms with Gasteiger partial charge in [0.15, 0.2) is 0 Å². The molecule has 0 aliphatic carbocycles. The zero-order chi connectivity index (χ0) is 33.5. The van der Waals surface area contributed by atoms with Gasteiger partial charge in [-0.15, -0.1) is 0 Å². The van der Waals surface area contributed by atoms with E-state index in [1.807, 2.05) is 12.3 Å². The maximum Gasteiger partial charge on any atom is 0.256 e. The van der Waals surface area contributed by atoms with Crippen LogP contribution in [0.2, 0.25) is 0 Å². The first-order valence-corrected chi connectivity index (χ1v) is 17.3. The van der Waals surface area contributed by atoms with Crippen LogP contribution >= 0.6 is 0 Å². The van der Waals surface area contributed by atoms with Gasteiger partial charge in [0, 0.05) is 34.7 Å². The number of pyridine rings is 1. The molecule has 0 radical (unpaired) electrons. The van der Waals surface area contributed by atoms with Crippen LogP contribution in [0, 0.1) is 0 Å². The van der Waals surface area contributed by atoms with E-state index < -0.39 is 0 Å². The average molecular weight is 653 g/mol. The van der Waals surface area contributed by atoms with Gasteiger partial charge >= 0.3 is 0 Å². The van der Waals surface area contributed by atoms with E-state index in [0.29, 0.717) is 0 Å². The van der Waals surface area contributed by atoms with E-state index >= 15 is 0 Å². The van der Waals surface area contributed by atoms with Crippen molar-refractivity contribution in [1.29, 1.82) is 0 Å². The van der Waals surface area contributed by atoms with E-state index in [2.05, 4.69) is 178 Å². The molecule has 8 aromatic rings. The Morgan fingerprint density at radius 1 is 0.431 bits per heavy atom. The average Bonchev–Trinajstić information content (AvgIpc) is 3.20. The first kappa shape index (κ1) is 28.1. The number of hydrogen-bond acceptors (Lipinski definition) is 5. The molecule has 0 saturated heterocycles. The summed E-state index contributed by atoms with van der Waals surface area (Å²) in [7, 11) is 0. The lowest BCUT2D eigenvalue weighted by Gasteiger charge is -2.47. The largest absolute Gasteiger partial charge is 0.458 e. The van der Waals surface area contributed by atoms with Gasteiger partial charge < -0.3 is 19.4 Å². The van der Waals surface area contributed by atoms with E-state index in [1.54, 1.807) is 0 Å². The fourth-order valence-corrected chi connectivity index (χ4v) is 8.39. The van der Waals surface area contributed by atoms with Crippen LogP contribution in [0.4, 0.5) is 51.2 Å². The Hall–Kier alpha value is -6.79. The molecule has 0 atom stereocenters. The van der Waals surface area contributed by atoms with Gasteiger partial charge in [-0.3, -0.25) is 4.98 Å². The highest BCUT2D eigenvalue weighted by molar-refractivity contribution is 6.99. The number of ether oxygens (including phenoxy) is 1. The fourth-order valence-electron chi connectivity index (χ4n) is 8.39. The molecule has 51 heavy (non-hydrogen) atoms. The smallest absolute Gasteiger partial charge is 0.256 e. The summed E-state index contributed by atoms with van der Waals surface area (Å²) < 4.78 is 7.00. The minimum absolute atomic E-state index is 0.0242. The van der Waals surface area contributed by atoms with E-state index in [-0.39, 0.29) is 6.71 Å². The van der Waals surface area contributed by atoms with Crippen molar-refractivity contribution in [1.82, 2.24) is 4.98 Å². The molecule has 5 nitrogen and oxygen atoms in total. The van der Waals surface area contributed by atoms with Crippen LogP contribution in [0.15, 0.2) is 176 Å². The van der Waals surface area contributed by atoms with Crippen LogP contribution in [0.25, 0.3) is 10.9 Å². The standard InChI is InChI=1S/C45H29BN4O/c1-3-17-31(18-4-1)48-35-23-9-7-21-33(35)46-34-22-8-12-27-40(34)51-41-29-39-44(45(48)42(41)46)49(32-19-5-2-6-20-32)36-24-10-11-25-37(36)50(39)38-26-13-15-30-16-14-28-47-43(30)38/h1-29H. The SMILES string of the molecule is c1ccc(N2c3ccccc3N(c3cccc4cccnc34)c3cc4c5c(c32)N(c2ccccc2)c2ccccc2B5c2ccccc2O4)cc1. The van der Waals surface area contributed by atoms with Crippen molar-refractivity contribution in [2.75, 3.05) is 14.7 Å². The number of para-hydroxylation sites is 7. The van der Waals surface area contributed by atoms with Crippen molar-refractivity contribution in [3.63, 3.8) is 0 Å². The van der Waals surface area contributed by atoms with Crippen LogP contribution < -0.4 is 35.8 Å². The molecule has 0 bridgehead atoms. The highest BCUT2D eigenvalue weighted by Gasteiger charge is 2.46. The number of nitrogens with zero attached hydrogens (tertiary/aromatic N) is 4. The van der Waals surface area contributed by atoms with Gasteiger partial charge in [-0.05, 0) is 77.1 Å². The van der Waals surface area contributed by atoms with E-state index in [1.165, 1.54) is 10.9 Å². The van der Waals surface area contributed by atoms with Crippen molar-refractivity contribution in [2.24, 2.45) is 0 Å². The minimum atomic E-state index is -0.0242. The third-order valence-corrected chi connectivity index (χ3v) is 10.4. The number of rotatable bonds is 3. The van der Waals surface area contributed by atoms with Gasteiger partial charge in [0.2, 0.25) is 0 Å². The Kier molecular flexibility index (Phi) is 5.98. The second-order valence-corrected chi connectivity index (χ2v) is 13.2. The summed E-state index contributed by atoms with van der Waals surface area (Å²) in [4.78, 5) is 12.2. The number of benzene rings is 7. The molecule has 7 aromatic carbocycles. The molecule has 0 saturated carbocycles. The van der Waals surface area contributed by atoms with Gasteiger partial charge in [0.05, 0.1) is 39.6 Å². The van der Waals surface area contributed by atoms with E-state index in [0.717, 1.165) is 79.1 Å². The predicted molar refractivity (Wildman–Crippen MR) is 211 cm³/mol. The van der Waals surface area contributed by atoms with Gasteiger partial charge in [0.1, 0.15) is 11.5 Å². The molecular formula is C45H29BN4O. The molecule has 3 aliphatic heterocycles. The Morgan fingerprint density at radius 3 is 1.78 bits per heavy atom. The quantitative estimate of drug-likeness (QED) is 0.178. The third-order valence-electron chi connectivity index (χ3n) is 10.4. The second kappa shape index (κ2) is 10.9. The summed E-state index contributed by atoms with van der Waals surface area (Å²) in [6.45, 7) is -0.0242. The highest BCUT2D eigenvalue weighted by Crippen LogP contribution is 2.60. The Labute approximate surface area is 296 Å². The first-order valence-electron chi connectivity index (χ1n) is 17.3. The summed E-state index contributed by atoms with van der Waals surface area (Å²) >= 11 is 0. The van der Waals surface area contributed by atoms with Gasteiger partial charge in [0.25, 0.3) is 6.71 Å². The van der Waals surface area contributed by atoms with E-state index in [4.69, 9.17) is 9.72 Å². The lowest BCUT2D eigenvalue weighted by molar-refractivity contribution is 0.487. The summed E-state index contributed by atoms with van der Waals surface area (Å²) in [6.07, 6.45) is 1.88. The van der Waals surface area contributed by atoms with Gasteiger partial charge in [-0.2, -0.15) is 0 Å². The summed E-state index contributed by atoms with van der Waals surface area (Å²) in [5.74, 6) is 1.74. The number of aromatic nitrogens is 1. The first-order chi connectivity index (χ1) is 25.3. The third kappa shape index (κ3) is 4.02. The summed E-state index contributed by atoms with van der Waals surface area (Å²) in [5.41, 5.74) is 14.2. The highest BCUT2D eigenvalue weighted by atomic mass is 16.5. The second-order valence-electron chi connectivity index (χ2n) is 13.2. The van der Waals surface area contributed by atoms with Crippen LogP contribution in [-0.4, -0.2) is 11.7 Å². The zero-order valence-electron chi connectivity index (χ0n) is 27.5. The van der Waals surface area contributed by atoms with Gasteiger partial charge in [-0.25, -0.2) is 0 Å². The molecule has 3 aliphatic rings. The van der Waals surface area contributed by atoms with Crippen LogP contribution in [0.3, 0.4) is 0 Å². The molecule has 0 spiro atoms. The van der Waals surface area contributed by atoms with Crippen molar-refractivity contribution in [3.8, 4) is 11.5 Å². The Balaban J connectivity index is 1.33. The van der Waals surface area contributed by atoms with Gasteiger partial charge in [-0.1, -0.05) is 103 Å².